The number of rotatable bonds is 3. The van der Waals surface area contributed by atoms with Crippen LogP contribution < -0.4 is 10.6 Å². The van der Waals surface area contributed by atoms with Gasteiger partial charge in [0.1, 0.15) is 0 Å². The van der Waals surface area contributed by atoms with E-state index >= 15 is 0 Å². The fourth-order valence-corrected chi connectivity index (χ4v) is 2.80. The summed E-state index contributed by atoms with van der Waals surface area (Å²) in [5.41, 5.74) is 3.42. The predicted octanol–water partition coefficient (Wildman–Crippen LogP) is 3.11. The summed E-state index contributed by atoms with van der Waals surface area (Å²) in [6.45, 7) is 7.59. The second kappa shape index (κ2) is 5.74. The van der Waals surface area contributed by atoms with Crippen molar-refractivity contribution in [1.29, 1.82) is 0 Å². The maximum Gasteiger partial charge on any atom is 0.251 e. The van der Waals surface area contributed by atoms with Crippen LogP contribution in [0.3, 0.4) is 0 Å². The number of nitrogens with one attached hydrogen (secondary N) is 2. The van der Waals surface area contributed by atoms with E-state index in [0.29, 0.717) is 5.56 Å². The molecule has 0 aliphatic carbocycles. The van der Waals surface area contributed by atoms with Crippen LogP contribution in [0.25, 0.3) is 0 Å². The molecule has 2 heterocycles. The molecule has 0 radical (unpaired) electrons. The lowest BCUT2D eigenvalue weighted by atomic mass is 9.85. The summed E-state index contributed by atoms with van der Waals surface area (Å²) in [4.78, 5) is 28.9. The zero-order valence-corrected chi connectivity index (χ0v) is 14.3. The molecular formula is C19H21N3O2. The fourth-order valence-electron chi connectivity index (χ4n) is 2.80. The molecule has 24 heavy (non-hydrogen) atoms. The number of hydrogen-bond donors (Lipinski definition) is 2. The average molecular weight is 323 g/mol. The molecule has 3 rings (SSSR count). The summed E-state index contributed by atoms with van der Waals surface area (Å²) in [5, 5.41) is 5.80. The van der Waals surface area contributed by atoms with Crippen LogP contribution in [0.1, 0.15) is 54.0 Å². The van der Waals surface area contributed by atoms with Gasteiger partial charge in [-0.15, -0.1) is 0 Å². The molecule has 2 aromatic rings. The monoisotopic (exact) mass is 323 g/mol. The van der Waals surface area contributed by atoms with E-state index in [1.165, 1.54) is 0 Å². The van der Waals surface area contributed by atoms with Crippen LogP contribution in [0.15, 0.2) is 36.5 Å². The number of carbonyl (C=O) groups excluding carboxylic acids is 2. The third-order valence-electron chi connectivity index (χ3n) is 4.50. The molecule has 0 spiro atoms. The molecule has 124 valence electrons. The summed E-state index contributed by atoms with van der Waals surface area (Å²) in [5.74, 6) is -0.227. The van der Waals surface area contributed by atoms with Gasteiger partial charge in [0.25, 0.3) is 5.91 Å². The van der Waals surface area contributed by atoms with Gasteiger partial charge in [0.15, 0.2) is 0 Å². The van der Waals surface area contributed by atoms with E-state index in [0.717, 1.165) is 22.5 Å². The molecule has 1 aliphatic heterocycles. The molecule has 1 aliphatic rings. The average Bonchev–Trinajstić information content (AvgIpc) is 2.77. The number of fused-ring (bicyclic) bond motifs is 1. The Morgan fingerprint density at radius 2 is 2.00 bits per heavy atom. The molecule has 1 unspecified atom stereocenters. The molecule has 1 aromatic heterocycles. The van der Waals surface area contributed by atoms with Crippen molar-refractivity contribution in [2.24, 2.45) is 0 Å². The first-order valence-electron chi connectivity index (χ1n) is 7.98. The number of benzene rings is 1. The lowest BCUT2D eigenvalue weighted by molar-refractivity contribution is -0.119. The largest absolute Gasteiger partial charge is 0.344 e. The number of aromatic nitrogens is 1. The quantitative estimate of drug-likeness (QED) is 0.911. The lowest BCUT2D eigenvalue weighted by Gasteiger charge is -2.17. The predicted molar refractivity (Wildman–Crippen MR) is 93.0 cm³/mol. The molecule has 0 fully saturated rings. The van der Waals surface area contributed by atoms with E-state index < -0.39 is 5.41 Å². The van der Waals surface area contributed by atoms with E-state index in [2.05, 4.69) is 15.6 Å². The Balaban J connectivity index is 1.80. The second-order valence-corrected chi connectivity index (χ2v) is 6.80. The number of nitrogens with zero attached hydrogens (tertiary/aromatic N) is 1. The Kier molecular flexibility index (Phi) is 3.87. The SMILES string of the molecule is Cc1ccc(C(C)NC(=O)c2ccc3c(c2)C(C)(C)C(=O)N3)nc1. The summed E-state index contributed by atoms with van der Waals surface area (Å²) in [7, 11) is 0. The highest BCUT2D eigenvalue weighted by molar-refractivity contribution is 6.07. The summed E-state index contributed by atoms with van der Waals surface area (Å²) >= 11 is 0. The normalized spacial score (nSPS) is 16.2. The minimum atomic E-state index is -0.629. The van der Waals surface area contributed by atoms with Gasteiger partial charge in [-0.25, -0.2) is 0 Å². The Hall–Kier alpha value is -2.69. The summed E-state index contributed by atoms with van der Waals surface area (Å²) < 4.78 is 0. The van der Waals surface area contributed by atoms with Crippen molar-refractivity contribution in [3.8, 4) is 0 Å². The van der Waals surface area contributed by atoms with Crippen molar-refractivity contribution in [1.82, 2.24) is 10.3 Å². The van der Waals surface area contributed by atoms with Crippen LogP contribution in [0.2, 0.25) is 0 Å². The van der Waals surface area contributed by atoms with Gasteiger partial charge in [-0.05, 0) is 63.1 Å². The summed E-state index contributed by atoms with van der Waals surface area (Å²) in [6, 6.07) is 8.99. The Morgan fingerprint density at radius 3 is 2.67 bits per heavy atom. The van der Waals surface area contributed by atoms with E-state index in [1.54, 1.807) is 24.4 Å². The van der Waals surface area contributed by atoms with Crippen molar-refractivity contribution in [2.45, 2.75) is 39.2 Å². The molecule has 0 saturated heterocycles. The minimum Gasteiger partial charge on any atom is -0.344 e. The Bertz CT molecular complexity index is 810. The second-order valence-electron chi connectivity index (χ2n) is 6.80. The van der Waals surface area contributed by atoms with Crippen molar-refractivity contribution < 1.29 is 9.59 Å². The van der Waals surface area contributed by atoms with Crippen molar-refractivity contribution >= 4 is 17.5 Å². The highest BCUT2D eigenvalue weighted by atomic mass is 16.2. The van der Waals surface area contributed by atoms with Crippen LogP contribution in [0.4, 0.5) is 5.69 Å². The van der Waals surface area contributed by atoms with Crippen molar-refractivity contribution in [3.63, 3.8) is 0 Å². The van der Waals surface area contributed by atoms with E-state index in [-0.39, 0.29) is 17.9 Å². The molecule has 5 heteroatoms. The third-order valence-corrected chi connectivity index (χ3v) is 4.50. The highest BCUT2D eigenvalue weighted by Crippen LogP contribution is 2.37. The first-order valence-corrected chi connectivity index (χ1v) is 7.98. The lowest BCUT2D eigenvalue weighted by Crippen LogP contribution is -2.28. The maximum absolute atomic E-state index is 12.5. The van der Waals surface area contributed by atoms with Gasteiger partial charge in [0, 0.05) is 17.4 Å². The Labute approximate surface area is 141 Å². The topological polar surface area (TPSA) is 71.1 Å². The van der Waals surface area contributed by atoms with E-state index in [9.17, 15) is 9.59 Å². The zero-order chi connectivity index (χ0) is 17.5. The number of hydrogen-bond acceptors (Lipinski definition) is 3. The molecule has 2 amide bonds. The fraction of sp³-hybridized carbons (Fsp3) is 0.316. The van der Waals surface area contributed by atoms with Gasteiger partial charge < -0.3 is 10.6 Å². The highest BCUT2D eigenvalue weighted by Gasteiger charge is 2.38. The number of aryl methyl sites for hydroxylation is 1. The molecule has 5 nitrogen and oxygen atoms in total. The zero-order valence-electron chi connectivity index (χ0n) is 14.3. The van der Waals surface area contributed by atoms with Crippen molar-refractivity contribution in [2.75, 3.05) is 5.32 Å². The van der Waals surface area contributed by atoms with Gasteiger partial charge >= 0.3 is 0 Å². The number of anilines is 1. The van der Waals surface area contributed by atoms with E-state index in [1.807, 2.05) is 39.8 Å². The molecule has 2 N–H and O–H groups in total. The molecule has 0 saturated carbocycles. The van der Waals surface area contributed by atoms with Crippen LogP contribution in [-0.2, 0) is 10.2 Å². The Morgan fingerprint density at radius 1 is 1.25 bits per heavy atom. The van der Waals surface area contributed by atoms with E-state index in [4.69, 9.17) is 0 Å². The summed E-state index contributed by atoms with van der Waals surface area (Å²) in [6.07, 6.45) is 1.78. The van der Waals surface area contributed by atoms with Gasteiger partial charge in [0.05, 0.1) is 17.2 Å². The van der Waals surface area contributed by atoms with Gasteiger partial charge in [-0.3, -0.25) is 14.6 Å². The first kappa shape index (κ1) is 16.2. The number of carbonyl (C=O) groups is 2. The van der Waals surface area contributed by atoms with Crippen LogP contribution >= 0.6 is 0 Å². The number of amides is 2. The van der Waals surface area contributed by atoms with Gasteiger partial charge in [0.2, 0.25) is 5.91 Å². The van der Waals surface area contributed by atoms with Crippen LogP contribution in [0.5, 0.6) is 0 Å². The van der Waals surface area contributed by atoms with Gasteiger partial charge in [-0.1, -0.05) is 6.07 Å². The standard InChI is InChI=1S/C19H21N3O2/c1-11-5-7-15(20-10-11)12(2)21-17(23)13-6-8-16-14(9-13)19(3,4)18(24)22-16/h5-10,12H,1-4H3,(H,21,23)(H,22,24). The molecule has 1 atom stereocenters. The molecule has 0 bridgehead atoms. The van der Waals surface area contributed by atoms with Gasteiger partial charge in [-0.2, -0.15) is 0 Å². The smallest absolute Gasteiger partial charge is 0.251 e. The maximum atomic E-state index is 12.5. The van der Waals surface area contributed by atoms with Crippen molar-refractivity contribution in [3.05, 3.63) is 58.9 Å². The number of pyridine rings is 1. The molecular weight excluding hydrogens is 302 g/mol. The van der Waals surface area contributed by atoms with Crippen LogP contribution in [-0.4, -0.2) is 16.8 Å². The minimum absolute atomic E-state index is 0.0488. The third kappa shape index (κ3) is 2.77. The van der Waals surface area contributed by atoms with Crippen LogP contribution in [0, 0.1) is 6.92 Å². The molecule has 1 aromatic carbocycles. The first-order chi connectivity index (χ1) is 11.3.